The number of carbonyl (C=O) groups is 2. The van der Waals surface area contributed by atoms with Gasteiger partial charge in [0.05, 0.1) is 20.3 Å². The summed E-state index contributed by atoms with van der Waals surface area (Å²) in [5, 5.41) is 7.61. The highest BCUT2D eigenvalue weighted by atomic mass is 32.1. The van der Waals surface area contributed by atoms with E-state index in [2.05, 4.69) is 10.6 Å². The Bertz CT molecular complexity index is 701. The Morgan fingerprint density at radius 2 is 2.04 bits per heavy atom. The van der Waals surface area contributed by atoms with Gasteiger partial charge in [-0.15, -0.1) is 11.3 Å². The monoisotopic (exact) mass is 348 g/mol. The standard InChI is InChI=1S/C17H20N2O4S/c1-11(15-5-4-8-24-15)19-17(21)18-10-12-6-7-14(22-2)13(9-12)16(20)23-3/h4-9,11H,10H2,1-3H3,(H2,18,19,21). The molecule has 2 rings (SSSR count). The first-order valence-corrected chi connectivity index (χ1v) is 8.26. The molecule has 1 aromatic carbocycles. The first-order valence-electron chi connectivity index (χ1n) is 7.38. The molecule has 0 spiro atoms. The number of urea groups is 1. The number of methoxy groups -OCH3 is 2. The highest BCUT2D eigenvalue weighted by Crippen LogP contribution is 2.21. The van der Waals surface area contributed by atoms with Crippen LogP contribution in [0.2, 0.25) is 0 Å². The lowest BCUT2D eigenvalue weighted by atomic mass is 10.1. The predicted octanol–water partition coefficient (Wildman–Crippen LogP) is 3.10. The van der Waals surface area contributed by atoms with Crippen molar-refractivity contribution in [2.24, 2.45) is 0 Å². The van der Waals surface area contributed by atoms with E-state index in [1.54, 1.807) is 29.5 Å². The lowest BCUT2D eigenvalue weighted by Gasteiger charge is -2.14. The third kappa shape index (κ3) is 4.48. The number of thiophene rings is 1. The number of nitrogens with one attached hydrogen (secondary N) is 2. The molecule has 0 aliphatic carbocycles. The molecule has 0 saturated carbocycles. The second-order valence-electron chi connectivity index (χ2n) is 5.09. The van der Waals surface area contributed by atoms with Crippen LogP contribution in [0.4, 0.5) is 4.79 Å². The van der Waals surface area contributed by atoms with Gasteiger partial charge in [0.1, 0.15) is 11.3 Å². The molecule has 2 N–H and O–H groups in total. The number of rotatable bonds is 6. The van der Waals surface area contributed by atoms with Gasteiger partial charge in [-0.1, -0.05) is 12.1 Å². The Labute approximate surface area is 144 Å². The third-order valence-corrected chi connectivity index (χ3v) is 4.49. The molecule has 0 bridgehead atoms. The van der Waals surface area contributed by atoms with Gasteiger partial charge in [-0.2, -0.15) is 0 Å². The molecule has 0 aliphatic rings. The van der Waals surface area contributed by atoms with Crippen molar-refractivity contribution in [1.82, 2.24) is 10.6 Å². The van der Waals surface area contributed by atoms with E-state index in [1.165, 1.54) is 14.2 Å². The summed E-state index contributed by atoms with van der Waals surface area (Å²) in [7, 11) is 2.80. The van der Waals surface area contributed by atoms with Crippen molar-refractivity contribution in [3.8, 4) is 5.75 Å². The Hall–Kier alpha value is -2.54. The molecule has 0 radical (unpaired) electrons. The Balaban J connectivity index is 1.96. The molecule has 7 heteroatoms. The highest BCUT2D eigenvalue weighted by Gasteiger charge is 2.14. The van der Waals surface area contributed by atoms with Crippen LogP contribution < -0.4 is 15.4 Å². The number of amides is 2. The minimum atomic E-state index is -0.482. The van der Waals surface area contributed by atoms with Crippen LogP contribution in [-0.4, -0.2) is 26.2 Å². The molecule has 1 unspecified atom stereocenters. The summed E-state index contributed by atoms with van der Waals surface area (Å²) in [6.45, 7) is 2.21. The normalized spacial score (nSPS) is 11.5. The van der Waals surface area contributed by atoms with E-state index in [1.807, 2.05) is 24.4 Å². The van der Waals surface area contributed by atoms with Crippen LogP contribution in [0.15, 0.2) is 35.7 Å². The molecular weight excluding hydrogens is 328 g/mol. The second-order valence-corrected chi connectivity index (χ2v) is 6.07. The number of esters is 1. The number of benzene rings is 1. The average Bonchev–Trinajstić information content (AvgIpc) is 3.13. The van der Waals surface area contributed by atoms with Gasteiger partial charge in [-0.3, -0.25) is 0 Å². The van der Waals surface area contributed by atoms with Gasteiger partial charge in [0.15, 0.2) is 0 Å². The maximum atomic E-state index is 12.0. The van der Waals surface area contributed by atoms with Gasteiger partial charge in [0.25, 0.3) is 0 Å². The molecule has 2 aromatic rings. The maximum absolute atomic E-state index is 12.0. The van der Waals surface area contributed by atoms with Crippen LogP contribution in [0.25, 0.3) is 0 Å². The topological polar surface area (TPSA) is 76.7 Å². The van der Waals surface area contributed by atoms with E-state index >= 15 is 0 Å². The second kappa shape index (κ2) is 8.35. The predicted molar refractivity (Wildman–Crippen MR) is 92.4 cm³/mol. The largest absolute Gasteiger partial charge is 0.496 e. The van der Waals surface area contributed by atoms with Crippen molar-refractivity contribution >= 4 is 23.3 Å². The molecule has 6 nitrogen and oxygen atoms in total. The van der Waals surface area contributed by atoms with Gasteiger partial charge in [0, 0.05) is 11.4 Å². The van der Waals surface area contributed by atoms with E-state index in [0.717, 1.165) is 10.4 Å². The fourth-order valence-corrected chi connectivity index (χ4v) is 2.91. The molecule has 0 saturated heterocycles. The van der Waals surface area contributed by atoms with E-state index < -0.39 is 5.97 Å². The zero-order valence-electron chi connectivity index (χ0n) is 13.8. The SMILES string of the molecule is COC(=O)c1cc(CNC(=O)NC(C)c2cccs2)ccc1OC. The van der Waals surface area contributed by atoms with Crippen molar-refractivity contribution in [1.29, 1.82) is 0 Å². The Kier molecular flexibility index (Phi) is 6.20. The molecule has 2 amide bonds. The third-order valence-electron chi connectivity index (χ3n) is 3.44. The summed E-state index contributed by atoms with van der Waals surface area (Å²) >= 11 is 1.59. The number of hydrogen-bond acceptors (Lipinski definition) is 5. The van der Waals surface area contributed by atoms with Gasteiger partial charge in [-0.05, 0) is 36.1 Å². The molecule has 0 fully saturated rings. The Morgan fingerprint density at radius 3 is 2.67 bits per heavy atom. The first kappa shape index (κ1) is 17.8. The lowest BCUT2D eigenvalue weighted by molar-refractivity contribution is 0.0597. The minimum absolute atomic E-state index is 0.0634. The smallest absolute Gasteiger partial charge is 0.341 e. The fraction of sp³-hybridized carbons (Fsp3) is 0.294. The van der Waals surface area contributed by atoms with Crippen molar-refractivity contribution in [2.45, 2.75) is 19.5 Å². The highest BCUT2D eigenvalue weighted by molar-refractivity contribution is 7.10. The quantitative estimate of drug-likeness (QED) is 0.787. The van der Waals surface area contributed by atoms with Gasteiger partial charge in [0.2, 0.25) is 0 Å². The van der Waals surface area contributed by atoms with Crippen LogP contribution in [0.1, 0.15) is 33.8 Å². The van der Waals surface area contributed by atoms with Gasteiger partial charge in [-0.25, -0.2) is 9.59 Å². The molecule has 128 valence electrons. The fourth-order valence-electron chi connectivity index (χ4n) is 2.17. The van der Waals surface area contributed by atoms with Gasteiger partial charge >= 0.3 is 12.0 Å². The van der Waals surface area contributed by atoms with Crippen LogP contribution in [0.3, 0.4) is 0 Å². The van der Waals surface area contributed by atoms with Crippen molar-refractivity contribution in [3.63, 3.8) is 0 Å². The van der Waals surface area contributed by atoms with Crippen LogP contribution >= 0.6 is 11.3 Å². The molecule has 0 aliphatic heterocycles. The summed E-state index contributed by atoms with van der Waals surface area (Å²) < 4.78 is 9.88. The average molecular weight is 348 g/mol. The van der Waals surface area contributed by atoms with Crippen molar-refractivity contribution in [2.75, 3.05) is 14.2 Å². The summed E-state index contributed by atoms with van der Waals surface area (Å²) in [6, 6.07) is 8.69. The van der Waals surface area contributed by atoms with Crippen LogP contribution in [0.5, 0.6) is 5.75 Å². The number of hydrogen-bond donors (Lipinski definition) is 2. The van der Waals surface area contributed by atoms with Crippen LogP contribution in [0, 0.1) is 0 Å². The lowest BCUT2D eigenvalue weighted by Crippen LogP contribution is -2.36. The summed E-state index contributed by atoms with van der Waals surface area (Å²) in [5.74, 6) is -0.0501. The summed E-state index contributed by atoms with van der Waals surface area (Å²) in [4.78, 5) is 24.8. The summed E-state index contributed by atoms with van der Waals surface area (Å²) in [5.41, 5.74) is 1.10. The molecule has 1 heterocycles. The number of ether oxygens (including phenoxy) is 2. The van der Waals surface area contributed by atoms with Crippen LogP contribution in [-0.2, 0) is 11.3 Å². The maximum Gasteiger partial charge on any atom is 0.341 e. The number of carbonyl (C=O) groups excluding carboxylic acids is 2. The van der Waals surface area contributed by atoms with Crippen molar-refractivity contribution in [3.05, 3.63) is 51.7 Å². The molecule has 1 aromatic heterocycles. The summed E-state index contributed by atoms with van der Waals surface area (Å²) in [6.07, 6.45) is 0. The zero-order valence-corrected chi connectivity index (χ0v) is 14.6. The van der Waals surface area contributed by atoms with E-state index in [-0.39, 0.29) is 18.6 Å². The molecular formula is C17H20N2O4S. The van der Waals surface area contributed by atoms with E-state index in [4.69, 9.17) is 9.47 Å². The molecule has 1 atom stereocenters. The minimum Gasteiger partial charge on any atom is -0.496 e. The zero-order chi connectivity index (χ0) is 17.5. The van der Waals surface area contributed by atoms with E-state index in [9.17, 15) is 9.59 Å². The van der Waals surface area contributed by atoms with E-state index in [0.29, 0.717) is 11.3 Å². The first-order chi connectivity index (χ1) is 11.5. The van der Waals surface area contributed by atoms with Gasteiger partial charge < -0.3 is 20.1 Å². The molecule has 24 heavy (non-hydrogen) atoms. The Morgan fingerprint density at radius 1 is 1.25 bits per heavy atom. The van der Waals surface area contributed by atoms with Crippen molar-refractivity contribution < 1.29 is 19.1 Å².